The van der Waals surface area contributed by atoms with Gasteiger partial charge < -0.3 is 19.9 Å². The van der Waals surface area contributed by atoms with Gasteiger partial charge in [-0.25, -0.2) is 9.59 Å². The summed E-state index contributed by atoms with van der Waals surface area (Å²) in [6.07, 6.45) is 1.27. The average Bonchev–Trinajstić information content (AvgIpc) is 2.88. The predicted molar refractivity (Wildman–Crippen MR) is 102 cm³/mol. The minimum absolute atomic E-state index is 0.0957. The zero-order valence-corrected chi connectivity index (χ0v) is 16.6. The van der Waals surface area contributed by atoms with Crippen LogP contribution in [0, 0.1) is 0 Å². The fraction of sp³-hybridized carbons (Fsp3) is 0.550. The van der Waals surface area contributed by atoms with E-state index in [9.17, 15) is 19.5 Å². The highest BCUT2D eigenvalue weighted by molar-refractivity contribution is 6.06. The molecule has 3 amide bonds. The van der Waals surface area contributed by atoms with Crippen molar-refractivity contribution in [1.29, 1.82) is 0 Å². The first-order valence-corrected chi connectivity index (χ1v) is 9.53. The number of hydrogen-bond acceptors (Lipinski definition) is 6. The fourth-order valence-electron chi connectivity index (χ4n) is 2.97. The van der Waals surface area contributed by atoms with E-state index in [1.165, 1.54) is 0 Å². The Morgan fingerprint density at radius 2 is 1.93 bits per heavy atom. The number of imide groups is 1. The van der Waals surface area contributed by atoms with Crippen molar-refractivity contribution < 1.29 is 29.0 Å². The third-order valence-electron chi connectivity index (χ3n) is 4.58. The summed E-state index contributed by atoms with van der Waals surface area (Å²) in [5.41, 5.74) is -0.517. The standard InChI is InChI=1S/C20H28N2O6/c1-4-6-11-20(3)18(25)22(19(26)21-20)12-15(23)13-28-16-9-7-14(8-10-16)17(24)27-5-2/h7-10,15,23H,4-6,11-13H2,1-3H3,(H,21,26). The molecule has 0 spiro atoms. The van der Waals surface area contributed by atoms with Gasteiger partial charge in [0.2, 0.25) is 0 Å². The second-order valence-electron chi connectivity index (χ2n) is 6.99. The van der Waals surface area contributed by atoms with Gasteiger partial charge in [0.1, 0.15) is 24.0 Å². The summed E-state index contributed by atoms with van der Waals surface area (Å²) in [4.78, 5) is 37.3. The van der Waals surface area contributed by atoms with E-state index in [-0.39, 0.29) is 19.1 Å². The van der Waals surface area contributed by atoms with Gasteiger partial charge in [0, 0.05) is 0 Å². The van der Waals surface area contributed by atoms with E-state index in [0.29, 0.717) is 24.3 Å². The summed E-state index contributed by atoms with van der Waals surface area (Å²) in [6.45, 7) is 5.51. The molecule has 2 N–H and O–H groups in total. The van der Waals surface area contributed by atoms with Crippen molar-refractivity contribution in [3.63, 3.8) is 0 Å². The Morgan fingerprint density at radius 1 is 1.25 bits per heavy atom. The number of amides is 3. The van der Waals surface area contributed by atoms with Crippen LogP contribution in [0.3, 0.4) is 0 Å². The number of β-amino-alcohol motifs (C(OH)–C–C–N with tert-alkyl or cyclic N) is 1. The number of urea groups is 1. The van der Waals surface area contributed by atoms with Gasteiger partial charge in [-0.3, -0.25) is 9.69 Å². The highest BCUT2D eigenvalue weighted by Crippen LogP contribution is 2.23. The number of nitrogens with one attached hydrogen (secondary N) is 1. The third kappa shape index (κ3) is 5.22. The third-order valence-corrected chi connectivity index (χ3v) is 4.58. The quantitative estimate of drug-likeness (QED) is 0.467. The number of ether oxygens (including phenoxy) is 2. The van der Waals surface area contributed by atoms with E-state index < -0.39 is 23.6 Å². The Balaban J connectivity index is 1.87. The van der Waals surface area contributed by atoms with Crippen LogP contribution >= 0.6 is 0 Å². The minimum Gasteiger partial charge on any atom is -0.491 e. The van der Waals surface area contributed by atoms with E-state index >= 15 is 0 Å². The Hall–Kier alpha value is -2.61. The number of nitrogens with zero attached hydrogens (tertiary/aromatic N) is 1. The molecular formula is C20H28N2O6. The van der Waals surface area contributed by atoms with E-state index in [1.54, 1.807) is 38.1 Å². The fourth-order valence-corrected chi connectivity index (χ4v) is 2.97. The molecule has 0 radical (unpaired) electrons. The summed E-state index contributed by atoms with van der Waals surface area (Å²) in [6, 6.07) is 5.82. The lowest BCUT2D eigenvalue weighted by molar-refractivity contribution is -0.132. The number of aliphatic hydroxyl groups excluding tert-OH is 1. The molecule has 2 unspecified atom stereocenters. The molecule has 1 aromatic carbocycles. The summed E-state index contributed by atoms with van der Waals surface area (Å²) >= 11 is 0. The zero-order chi connectivity index (χ0) is 20.7. The van der Waals surface area contributed by atoms with Crippen LogP contribution in [0.4, 0.5) is 4.79 Å². The van der Waals surface area contributed by atoms with Gasteiger partial charge in [-0.15, -0.1) is 0 Å². The van der Waals surface area contributed by atoms with Crippen molar-refractivity contribution in [2.45, 2.75) is 51.7 Å². The van der Waals surface area contributed by atoms with Crippen LogP contribution in [0.2, 0.25) is 0 Å². The summed E-state index contributed by atoms with van der Waals surface area (Å²) < 4.78 is 10.4. The highest BCUT2D eigenvalue weighted by Gasteiger charge is 2.47. The molecule has 0 aromatic heterocycles. The van der Waals surface area contributed by atoms with Crippen molar-refractivity contribution in [3.05, 3.63) is 29.8 Å². The van der Waals surface area contributed by atoms with Crippen molar-refractivity contribution in [2.75, 3.05) is 19.8 Å². The SMILES string of the molecule is CCCCC1(C)NC(=O)N(CC(O)COc2ccc(C(=O)OCC)cc2)C1=O. The lowest BCUT2D eigenvalue weighted by Crippen LogP contribution is -2.44. The molecule has 1 aliphatic rings. The molecule has 8 heteroatoms. The predicted octanol–water partition coefficient (Wildman–Crippen LogP) is 2.10. The molecule has 2 atom stereocenters. The maximum atomic E-state index is 12.6. The first-order chi connectivity index (χ1) is 13.3. The van der Waals surface area contributed by atoms with Gasteiger partial charge in [0.05, 0.1) is 18.7 Å². The topological polar surface area (TPSA) is 105 Å². The maximum absolute atomic E-state index is 12.6. The van der Waals surface area contributed by atoms with Crippen LogP contribution in [0.5, 0.6) is 5.75 Å². The van der Waals surface area contributed by atoms with Crippen LogP contribution in [-0.2, 0) is 9.53 Å². The van der Waals surface area contributed by atoms with Crippen LogP contribution < -0.4 is 10.1 Å². The smallest absolute Gasteiger partial charge is 0.338 e. The number of carbonyl (C=O) groups excluding carboxylic acids is 3. The highest BCUT2D eigenvalue weighted by atomic mass is 16.5. The number of rotatable bonds is 10. The van der Waals surface area contributed by atoms with Crippen LogP contribution in [0.1, 0.15) is 50.4 Å². The van der Waals surface area contributed by atoms with Crippen LogP contribution in [0.25, 0.3) is 0 Å². The lowest BCUT2D eigenvalue weighted by atomic mass is 9.95. The Bertz CT molecular complexity index is 705. The monoisotopic (exact) mass is 392 g/mol. The van der Waals surface area contributed by atoms with Gasteiger partial charge in [0.25, 0.3) is 5.91 Å². The molecule has 1 saturated heterocycles. The second kappa shape index (κ2) is 9.54. The van der Waals surface area contributed by atoms with E-state index in [2.05, 4.69) is 5.32 Å². The first kappa shape index (κ1) is 21.7. The Labute approximate surface area is 164 Å². The number of esters is 1. The Morgan fingerprint density at radius 3 is 2.54 bits per heavy atom. The maximum Gasteiger partial charge on any atom is 0.338 e. The molecule has 0 saturated carbocycles. The molecular weight excluding hydrogens is 364 g/mol. The number of carbonyl (C=O) groups is 3. The molecule has 1 fully saturated rings. The molecule has 1 heterocycles. The van der Waals surface area contributed by atoms with Gasteiger partial charge in [0.15, 0.2) is 0 Å². The number of benzene rings is 1. The van der Waals surface area contributed by atoms with Crippen molar-refractivity contribution in [1.82, 2.24) is 10.2 Å². The number of aliphatic hydroxyl groups is 1. The molecule has 2 rings (SSSR count). The molecule has 0 aliphatic carbocycles. The second-order valence-corrected chi connectivity index (χ2v) is 6.99. The molecule has 154 valence electrons. The molecule has 1 aromatic rings. The van der Waals surface area contributed by atoms with Crippen molar-refractivity contribution in [3.8, 4) is 5.75 Å². The molecule has 28 heavy (non-hydrogen) atoms. The van der Waals surface area contributed by atoms with E-state index in [4.69, 9.17) is 9.47 Å². The van der Waals surface area contributed by atoms with Gasteiger partial charge in [-0.1, -0.05) is 19.8 Å². The van der Waals surface area contributed by atoms with Crippen LogP contribution in [0.15, 0.2) is 24.3 Å². The van der Waals surface area contributed by atoms with Crippen molar-refractivity contribution in [2.24, 2.45) is 0 Å². The summed E-state index contributed by atoms with van der Waals surface area (Å²) in [5, 5.41) is 12.9. The minimum atomic E-state index is -1.03. The molecule has 0 bridgehead atoms. The number of unbranched alkanes of at least 4 members (excludes halogenated alkanes) is 1. The average molecular weight is 392 g/mol. The van der Waals surface area contributed by atoms with Gasteiger partial charge in [-0.05, 0) is 44.5 Å². The summed E-state index contributed by atoms with van der Waals surface area (Å²) in [7, 11) is 0. The van der Waals surface area contributed by atoms with Crippen molar-refractivity contribution >= 4 is 17.9 Å². The summed E-state index contributed by atoms with van der Waals surface area (Å²) in [5.74, 6) is -0.292. The van der Waals surface area contributed by atoms with Gasteiger partial charge >= 0.3 is 12.0 Å². The zero-order valence-electron chi connectivity index (χ0n) is 16.6. The molecule has 8 nitrogen and oxygen atoms in total. The largest absolute Gasteiger partial charge is 0.491 e. The van der Waals surface area contributed by atoms with E-state index in [0.717, 1.165) is 17.7 Å². The lowest BCUT2D eigenvalue weighted by Gasteiger charge is -2.22. The van der Waals surface area contributed by atoms with Gasteiger partial charge in [-0.2, -0.15) is 0 Å². The van der Waals surface area contributed by atoms with Crippen LogP contribution in [-0.4, -0.2) is 59.3 Å². The number of hydrogen-bond donors (Lipinski definition) is 2. The Kier molecular flexibility index (Phi) is 7.39. The van der Waals surface area contributed by atoms with E-state index in [1.807, 2.05) is 6.92 Å². The normalized spacial score (nSPS) is 20.1. The first-order valence-electron chi connectivity index (χ1n) is 9.53. The molecule has 1 aliphatic heterocycles.